The Hall–Kier alpha value is -2.63. The third kappa shape index (κ3) is 2.50. The second-order valence-corrected chi connectivity index (χ2v) is 6.24. The topological polar surface area (TPSA) is 66.8 Å². The van der Waals surface area contributed by atoms with Crippen molar-refractivity contribution >= 4 is 16.9 Å². The molecule has 3 aromatic rings. The fourth-order valence-corrected chi connectivity index (χ4v) is 3.27. The fourth-order valence-electron chi connectivity index (χ4n) is 3.27. The van der Waals surface area contributed by atoms with E-state index in [-0.39, 0.29) is 5.91 Å². The second kappa shape index (κ2) is 5.53. The van der Waals surface area contributed by atoms with E-state index in [0.29, 0.717) is 11.5 Å². The van der Waals surface area contributed by atoms with Gasteiger partial charge in [0.25, 0.3) is 5.91 Å². The van der Waals surface area contributed by atoms with E-state index in [1.807, 2.05) is 29.4 Å². The van der Waals surface area contributed by atoms with Crippen molar-refractivity contribution in [1.82, 2.24) is 24.6 Å². The molecule has 6 nitrogen and oxygen atoms in total. The maximum absolute atomic E-state index is 12.7. The van der Waals surface area contributed by atoms with Gasteiger partial charge in [-0.05, 0) is 30.9 Å². The number of aromatic amines is 1. The molecule has 1 aliphatic heterocycles. The Morgan fingerprint density at radius 2 is 2.30 bits per heavy atom. The van der Waals surface area contributed by atoms with Gasteiger partial charge >= 0.3 is 0 Å². The Kier molecular flexibility index (Phi) is 3.37. The zero-order valence-electron chi connectivity index (χ0n) is 13.1. The van der Waals surface area contributed by atoms with Gasteiger partial charge in [-0.3, -0.25) is 4.79 Å². The van der Waals surface area contributed by atoms with Crippen molar-refractivity contribution in [2.75, 3.05) is 13.1 Å². The number of hydrogen-bond acceptors (Lipinski definition) is 3. The number of fused-ring (bicyclic) bond motifs is 1. The monoisotopic (exact) mass is 309 g/mol. The number of hydrogen-bond donors (Lipinski definition) is 1. The Labute approximate surface area is 134 Å². The molecule has 1 atom stereocenters. The minimum Gasteiger partial charge on any atom is -0.346 e. The number of carbonyl (C=O) groups excluding carboxylic acids is 1. The van der Waals surface area contributed by atoms with Gasteiger partial charge in [0.1, 0.15) is 5.65 Å². The highest BCUT2D eigenvalue weighted by molar-refractivity contribution is 5.94. The van der Waals surface area contributed by atoms with E-state index in [2.05, 4.69) is 22.0 Å². The standard InChI is InChI=1S/C17H19N5O/c1-12-3-2-8-21(10-12)17(23)13-9-20-22(11-13)15-5-7-19-16-14(15)4-6-18-16/h4-7,9,11-12H,2-3,8,10H2,1H3,(H,18,19). The summed E-state index contributed by atoms with van der Waals surface area (Å²) in [6, 6.07) is 3.87. The normalized spacial score (nSPS) is 18.5. The molecule has 1 fully saturated rings. The zero-order chi connectivity index (χ0) is 15.8. The molecule has 23 heavy (non-hydrogen) atoms. The molecule has 0 spiro atoms. The first-order chi connectivity index (χ1) is 11.2. The average Bonchev–Trinajstić information content (AvgIpc) is 3.23. The molecule has 6 heteroatoms. The highest BCUT2D eigenvalue weighted by atomic mass is 16.2. The van der Waals surface area contributed by atoms with Crippen LogP contribution in [0, 0.1) is 5.92 Å². The van der Waals surface area contributed by atoms with E-state index in [9.17, 15) is 4.79 Å². The summed E-state index contributed by atoms with van der Waals surface area (Å²) in [6.45, 7) is 3.87. The minimum atomic E-state index is 0.0715. The lowest BCUT2D eigenvalue weighted by Crippen LogP contribution is -2.38. The number of nitrogens with one attached hydrogen (secondary N) is 1. The Morgan fingerprint density at radius 1 is 1.39 bits per heavy atom. The molecular weight excluding hydrogens is 290 g/mol. The van der Waals surface area contributed by atoms with Gasteiger partial charge in [0.2, 0.25) is 0 Å². The molecule has 1 aliphatic rings. The number of rotatable bonds is 2. The van der Waals surface area contributed by atoms with E-state index in [4.69, 9.17) is 0 Å². The van der Waals surface area contributed by atoms with Crippen LogP contribution in [0.3, 0.4) is 0 Å². The summed E-state index contributed by atoms with van der Waals surface area (Å²) in [4.78, 5) is 22.0. The summed E-state index contributed by atoms with van der Waals surface area (Å²) in [5, 5.41) is 5.37. The summed E-state index contributed by atoms with van der Waals surface area (Å²) in [7, 11) is 0. The predicted octanol–water partition coefficient (Wildman–Crippen LogP) is 2.62. The van der Waals surface area contributed by atoms with Crippen LogP contribution in [0.25, 0.3) is 16.7 Å². The number of carbonyl (C=O) groups is 1. The first-order valence-corrected chi connectivity index (χ1v) is 7.99. The van der Waals surface area contributed by atoms with Crippen LogP contribution in [0.5, 0.6) is 0 Å². The fraction of sp³-hybridized carbons (Fsp3) is 0.353. The van der Waals surface area contributed by atoms with E-state index in [1.54, 1.807) is 17.1 Å². The van der Waals surface area contributed by atoms with Gasteiger partial charge in [-0.1, -0.05) is 6.92 Å². The molecule has 0 aliphatic carbocycles. The highest BCUT2D eigenvalue weighted by Crippen LogP contribution is 2.21. The molecule has 0 bridgehead atoms. The summed E-state index contributed by atoms with van der Waals surface area (Å²) in [5.41, 5.74) is 2.37. The quantitative estimate of drug-likeness (QED) is 0.791. The van der Waals surface area contributed by atoms with Crippen LogP contribution in [0.4, 0.5) is 0 Å². The Balaban J connectivity index is 1.64. The summed E-state index contributed by atoms with van der Waals surface area (Å²) in [5.74, 6) is 0.643. The third-order valence-corrected chi connectivity index (χ3v) is 4.46. The molecule has 0 saturated carbocycles. The van der Waals surface area contributed by atoms with Crippen molar-refractivity contribution in [2.45, 2.75) is 19.8 Å². The van der Waals surface area contributed by atoms with Crippen molar-refractivity contribution < 1.29 is 4.79 Å². The van der Waals surface area contributed by atoms with Crippen LogP contribution < -0.4 is 0 Å². The van der Waals surface area contributed by atoms with E-state index in [1.165, 1.54) is 6.42 Å². The smallest absolute Gasteiger partial charge is 0.257 e. The maximum Gasteiger partial charge on any atom is 0.257 e. The number of H-pyrrole nitrogens is 1. The molecule has 3 aromatic heterocycles. The van der Waals surface area contributed by atoms with Crippen molar-refractivity contribution in [3.05, 3.63) is 42.5 Å². The molecule has 118 valence electrons. The molecular formula is C17H19N5O. The maximum atomic E-state index is 12.7. The van der Waals surface area contributed by atoms with Gasteiger partial charge in [0.05, 0.1) is 17.4 Å². The van der Waals surface area contributed by atoms with Gasteiger partial charge < -0.3 is 9.88 Å². The lowest BCUT2D eigenvalue weighted by atomic mass is 10.00. The number of amides is 1. The molecule has 4 rings (SSSR count). The van der Waals surface area contributed by atoms with Crippen LogP contribution in [-0.4, -0.2) is 43.6 Å². The largest absolute Gasteiger partial charge is 0.346 e. The summed E-state index contributed by atoms with van der Waals surface area (Å²) >= 11 is 0. The second-order valence-electron chi connectivity index (χ2n) is 6.24. The molecule has 1 N–H and O–H groups in total. The predicted molar refractivity (Wildman–Crippen MR) is 87.5 cm³/mol. The molecule has 0 radical (unpaired) electrons. The third-order valence-electron chi connectivity index (χ3n) is 4.46. The molecule has 1 amide bonds. The van der Waals surface area contributed by atoms with E-state index >= 15 is 0 Å². The van der Waals surface area contributed by atoms with Gasteiger partial charge in [-0.2, -0.15) is 5.10 Å². The minimum absolute atomic E-state index is 0.0715. The highest BCUT2D eigenvalue weighted by Gasteiger charge is 2.23. The summed E-state index contributed by atoms with van der Waals surface area (Å²) < 4.78 is 1.75. The average molecular weight is 309 g/mol. The number of likely N-dealkylation sites (tertiary alicyclic amines) is 1. The number of nitrogens with zero attached hydrogens (tertiary/aromatic N) is 4. The van der Waals surface area contributed by atoms with Crippen LogP contribution in [0.2, 0.25) is 0 Å². The van der Waals surface area contributed by atoms with Crippen LogP contribution in [0.1, 0.15) is 30.1 Å². The molecule has 1 saturated heterocycles. The molecule has 4 heterocycles. The zero-order valence-corrected chi connectivity index (χ0v) is 13.1. The van der Waals surface area contributed by atoms with Gasteiger partial charge in [-0.15, -0.1) is 0 Å². The van der Waals surface area contributed by atoms with Crippen molar-refractivity contribution in [2.24, 2.45) is 5.92 Å². The van der Waals surface area contributed by atoms with E-state index in [0.717, 1.165) is 36.2 Å². The van der Waals surface area contributed by atoms with Crippen LogP contribution in [-0.2, 0) is 0 Å². The van der Waals surface area contributed by atoms with Crippen LogP contribution >= 0.6 is 0 Å². The molecule has 0 aromatic carbocycles. The van der Waals surface area contributed by atoms with Crippen molar-refractivity contribution in [3.63, 3.8) is 0 Å². The Bertz CT molecular complexity index is 849. The number of piperidine rings is 1. The molecule has 1 unspecified atom stereocenters. The van der Waals surface area contributed by atoms with Gasteiger partial charge in [-0.25, -0.2) is 9.67 Å². The number of aromatic nitrogens is 4. The first-order valence-electron chi connectivity index (χ1n) is 7.99. The SMILES string of the molecule is CC1CCCN(C(=O)c2cnn(-c3ccnc4[nH]ccc34)c2)C1. The van der Waals surface area contributed by atoms with Gasteiger partial charge in [0, 0.05) is 37.1 Å². The number of pyridine rings is 1. The van der Waals surface area contributed by atoms with E-state index < -0.39 is 0 Å². The lowest BCUT2D eigenvalue weighted by Gasteiger charge is -2.30. The van der Waals surface area contributed by atoms with Gasteiger partial charge in [0.15, 0.2) is 0 Å². The van der Waals surface area contributed by atoms with Crippen molar-refractivity contribution in [3.8, 4) is 5.69 Å². The Morgan fingerprint density at radius 3 is 3.17 bits per heavy atom. The van der Waals surface area contributed by atoms with Crippen molar-refractivity contribution in [1.29, 1.82) is 0 Å². The van der Waals surface area contributed by atoms with Crippen LogP contribution in [0.15, 0.2) is 36.9 Å². The first kappa shape index (κ1) is 14.0. The summed E-state index contributed by atoms with van der Waals surface area (Å²) in [6.07, 6.45) is 9.33. The lowest BCUT2D eigenvalue weighted by molar-refractivity contribution is 0.0683.